The van der Waals surface area contributed by atoms with Crippen LogP contribution in [0.5, 0.6) is 5.75 Å². The first-order chi connectivity index (χ1) is 15.3. The van der Waals surface area contributed by atoms with Gasteiger partial charge in [0.1, 0.15) is 5.75 Å². The van der Waals surface area contributed by atoms with Crippen molar-refractivity contribution in [3.63, 3.8) is 0 Å². The SMILES string of the molecule is COc1cccc(/C(C)=N/NC(=O)c2ccccc2N(Cc2ccccc2)S(C)(=O)=O)c1. The topological polar surface area (TPSA) is 88.1 Å². The number of hydrogen-bond donors (Lipinski definition) is 1. The zero-order valence-corrected chi connectivity index (χ0v) is 19.0. The Morgan fingerprint density at radius 1 is 1.00 bits per heavy atom. The fourth-order valence-electron chi connectivity index (χ4n) is 3.12. The number of benzene rings is 3. The zero-order valence-electron chi connectivity index (χ0n) is 18.1. The number of hydrazone groups is 1. The van der Waals surface area contributed by atoms with Crippen LogP contribution in [0.4, 0.5) is 5.69 Å². The second-order valence-corrected chi connectivity index (χ2v) is 9.05. The number of nitrogens with zero attached hydrogens (tertiary/aromatic N) is 2. The monoisotopic (exact) mass is 451 g/mol. The number of ether oxygens (including phenoxy) is 1. The standard InChI is InChI=1S/C24H25N3O4S/c1-18(20-12-9-13-21(16-20)31-2)25-26-24(28)22-14-7-8-15-23(22)27(32(3,29)30)17-19-10-5-4-6-11-19/h4-16H,17H2,1-3H3,(H,26,28)/b25-18+. The molecule has 0 bridgehead atoms. The van der Waals surface area contributed by atoms with Gasteiger partial charge >= 0.3 is 0 Å². The third-order valence-corrected chi connectivity index (χ3v) is 5.93. The van der Waals surface area contributed by atoms with E-state index in [4.69, 9.17) is 4.74 Å². The summed E-state index contributed by atoms with van der Waals surface area (Å²) in [5.74, 6) is 0.169. The van der Waals surface area contributed by atoms with Crippen LogP contribution < -0.4 is 14.5 Å². The summed E-state index contributed by atoms with van der Waals surface area (Å²) in [6, 6.07) is 23.1. The van der Waals surface area contributed by atoms with E-state index >= 15 is 0 Å². The Hall–Kier alpha value is -3.65. The lowest BCUT2D eigenvalue weighted by Gasteiger charge is -2.24. The lowest BCUT2D eigenvalue weighted by Crippen LogP contribution is -2.32. The van der Waals surface area contributed by atoms with Crippen molar-refractivity contribution in [1.29, 1.82) is 0 Å². The number of carbonyl (C=O) groups is 1. The summed E-state index contributed by atoms with van der Waals surface area (Å²) < 4.78 is 31.6. The molecule has 7 nitrogen and oxygen atoms in total. The third-order valence-electron chi connectivity index (χ3n) is 4.80. The van der Waals surface area contributed by atoms with E-state index in [1.165, 1.54) is 4.31 Å². The number of para-hydroxylation sites is 1. The quantitative estimate of drug-likeness (QED) is 0.417. The van der Waals surface area contributed by atoms with E-state index in [0.717, 1.165) is 17.4 Å². The van der Waals surface area contributed by atoms with Gasteiger partial charge in [0.05, 0.1) is 36.9 Å². The van der Waals surface area contributed by atoms with E-state index in [1.54, 1.807) is 38.3 Å². The highest BCUT2D eigenvalue weighted by atomic mass is 32.2. The van der Waals surface area contributed by atoms with Gasteiger partial charge in [-0.3, -0.25) is 9.10 Å². The van der Waals surface area contributed by atoms with Gasteiger partial charge in [-0.15, -0.1) is 0 Å². The minimum atomic E-state index is -3.65. The Balaban J connectivity index is 1.89. The second-order valence-electron chi connectivity index (χ2n) is 7.14. The van der Waals surface area contributed by atoms with E-state index in [9.17, 15) is 13.2 Å². The maximum atomic E-state index is 12.9. The molecule has 0 radical (unpaired) electrons. The number of anilines is 1. The average molecular weight is 452 g/mol. The lowest BCUT2D eigenvalue weighted by atomic mass is 10.1. The van der Waals surface area contributed by atoms with Crippen molar-refractivity contribution in [2.45, 2.75) is 13.5 Å². The molecule has 166 valence electrons. The highest BCUT2D eigenvalue weighted by molar-refractivity contribution is 7.92. The highest BCUT2D eigenvalue weighted by Crippen LogP contribution is 2.25. The van der Waals surface area contributed by atoms with Gasteiger partial charge in [0.2, 0.25) is 10.0 Å². The second kappa shape index (κ2) is 10.1. The maximum Gasteiger partial charge on any atom is 0.273 e. The molecule has 0 fully saturated rings. The summed E-state index contributed by atoms with van der Waals surface area (Å²) in [6.45, 7) is 1.87. The van der Waals surface area contributed by atoms with Crippen molar-refractivity contribution in [3.8, 4) is 5.75 Å². The van der Waals surface area contributed by atoms with Crippen molar-refractivity contribution in [2.24, 2.45) is 5.10 Å². The van der Waals surface area contributed by atoms with Gasteiger partial charge in [-0.05, 0) is 36.8 Å². The summed E-state index contributed by atoms with van der Waals surface area (Å²) in [5.41, 5.74) is 5.20. The molecule has 1 N–H and O–H groups in total. The van der Waals surface area contributed by atoms with Crippen molar-refractivity contribution >= 4 is 27.3 Å². The predicted octanol–water partition coefficient (Wildman–Crippen LogP) is 3.82. The minimum Gasteiger partial charge on any atom is -0.497 e. The molecule has 8 heteroatoms. The summed E-state index contributed by atoms with van der Waals surface area (Å²) in [6.07, 6.45) is 1.12. The number of amides is 1. The molecule has 0 saturated carbocycles. The summed E-state index contributed by atoms with van der Waals surface area (Å²) >= 11 is 0. The summed E-state index contributed by atoms with van der Waals surface area (Å²) in [4.78, 5) is 12.9. The first-order valence-electron chi connectivity index (χ1n) is 9.89. The Morgan fingerprint density at radius 3 is 2.38 bits per heavy atom. The molecule has 0 aliphatic rings. The minimum absolute atomic E-state index is 0.107. The number of rotatable bonds is 8. The van der Waals surface area contributed by atoms with Gasteiger partial charge < -0.3 is 4.74 Å². The fraction of sp³-hybridized carbons (Fsp3) is 0.167. The molecule has 1 amide bonds. The van der Waals surface area contributed by atoms with E-state index in [-0.39, 0.29) is 17.8 Å². The van der Waals surface area contributed by atoms with Crippen LogP contribution in [-0.4, -0.2) is 33.4 Å². The molecule has 3 rings (SSSR count). The van der Waals surface area contributed by atoms with Gasteiger partial charge in [-0.1, -0.05) is 54.6 Å². The van der Waals surface area contributed by atoms with Gasteiger partial charge in [0.25, 0.3) is 5.91 Å². The Labute approximate surface area is 188 Å². The third kappa shape index (κ3) is 5.73. The van der Waals surface area contributed by atoms with E-state index in [0.29, 0.717) is 11.5 Å². The lowest BCUT2D eigenvalue weighted by molar-refractivity contribution is 0.0955. The van der Waals surface area contributed by atoms with Crippen LogP contribution in [0.1, 0.15) is 28.4 Å². The zero-order chi connectivity index (χ0) is 23.1. The molecule has 3 aromatic carbocycles. The van der Waals surface area contributed by atoms with Crippen LogP contribution in [0.15, 0.2) is 84.0 Å². The number of sulfonamides is 1. The molecule has 0 atom stereocenters. The van der Waals surface area contributed by atoms with Gasteiger partial charge in [-0.25, -0.2) is 13.8 Å². The number of carbonyl (C=O) groups excluding carboxylic acids is 1. The first-order valence-corrected chi connectivity index (χ1v) is 11.7. The first kappa shape index (κ1) is 23.0. The van der Waals surface area contributed by atoms with Crippen LogP contribution in [0.3, 0.4) is 0 Å². The molecule has 0 unspecified atom stereocenters. The van der Waals surface area contributed by atoms with Crippen LogP contribution in [0.25, 0.3) is 0 Å². The van der Waals surface area contributed by atoms with Crippen molar-refractivity contribution in [3.05, 3.63) is 95.6 Å². The summed E-state index contributed by atoms with van der Waals surface area (Å²) in [7, 11) is -2.07. The Kier molecular flexibility index (Phi) is 7.27. The Bertz CT molecular complexity index is 1220. The van der Waals surface area contributed by atoms with Gasteiger partial charge in [0.15, 0.2) is 0 Å². The van der Waals surface area contributed by atoms with Crippen molar-refractivity contribution in [1.82, 2.24) is 5.43 Å². The Morgan fingerprint density at radius 2 is 1.69 bits per heavy atom. The smallest absolute Gasteiger partial charge is 0.273 e. The molecule has 32 heavy (non-hydrogen) atoms. The number of nitrogens with one attached hydrogen (secondary N) is 1. The number of methoxy groups -OCH3 is 1. The number of hydrogen-bond acceptors (Lipinski definition) is 5. The van der Waals surface area contributed by atoms with Crippen LogP contribution in [0, 0.1) is 0 Å². The van der Waals surface area contributed by atoms with Crippen LogP contribution in [-0.2, 0) is 16.6 Å². The van der Waals surface area contributed by atoms with E-state index in [1.807, 2.05) is 54.6 Å². The van der Waals surface area contributed by atoms with E-state index < -0.39 is 15.9 Å². The van der Waals surface area contributed by atoms with Gasteiger partial charge in [-0.2, -0.15) is 5.10 Å². The van der Waals surface area contributed by atoms with Crippen molar-refractivity contribution in [2.75, 3.05) is 17.7 Å². The molecular formula is C24H25N3O4S. The molecule has 0 aromatic heterocycles. The molecule has 0 heterocycles. The maximum absolute atomic E-state index is 12.9. The molecule has 0 aliphatic heterocycles. The highest BCUT2D eigenvalue weighted by Gasteiger charge is 2.23. The molecular weight excluding hydrogens is 426 g/mol. The van der Waals surface area contributed by atoms with Crippen LogP contribution in [0.2, 0.25) is 0 Å². The summed E-state index contributed by atoms with van der Waals surface area (Å²) in [5, 5.41) is 4.19. The normalized spacial score (nSPS) is 11.7. The van der Waals surface area contributed by atoms with Crippen LogP contribution >= 0.6 is 0 Å². The largest absolute Gasteiger partial charge is 0.497 e. The van der Waals surface area contributed by atoms with Crippen molar-refractivity contribution < 1.29 is 17.9 Å². The van der Waals surface area contributed by atoms with Gasteiger partial charge in [0, 0.05) is 5.56 Å². The average Bonchev–Trinajstić information content (AvgIpc) is 2.80. The molecule has 0 aliphatic carbocycles. The fourth-order valence-corrected chi connectivity index (χ4v) is 4.02. The molecule has 0 saturated heterocycles. The van der Waals surface area contributed by atoms with E-state index in [2.05, 4.69) is 10.5 Å². The molecule has 0 spiro atoms. The predicted molar refractivity (Wildman–Crippen MR) is 127 cm³/mol. The molecule has 3 aromatic rings.